The van der Waals surface area contributed by atoms with Crippen molar-refractivity contribution in [3.8, 4) is 0 Å². The van der Waals surface area contributed by atoms with Gasteiger partial charge in [0.05, 0.1) is 12.1 Å². The Bertz CT molecular complexity index is 474. The molecule has 8 heteroatoms. The van der Waals surface area contributed by atoms with E-state index in [2.05, 4.69) is 5.32 Å². The topological polar surface area (TPSA) is 95.7 Å². The van der Waals surface area contributed by atoms with Gasteiger partial charge in [0, 0.05) is 44.5 Å². The Morgan fingerprint density at radius 2 is 2.13 bits per heavy atom. The average Bonchev–Trinajstić information content (AvgIpc) is 3.02. The van der Waals surface area contributed by atoms with Crippen molar-refractivity contribution >= 4 is 29.6 Å². The molecule has 0 spiro atoms. The molecule has 0 aromatic heterocycles. The van der Waals surface area contributed by atoms with E-state index in [9.17, 15) is 14.4 Å². The highest BCUT2D eigenvalue weighted by Gasteiger charge is 2.46. The van der Waals surface area contributed by atoms with E-state index in [1.165, 1.54) is 0 Å². The molecule has 2 heterocycles. The molecular formula is C15H26N4O3S. The molecule has 0 bridgehead atoms. The Morgan fingerprint density at radius 1 is 1.39 bits per heavy atom. The normalized spacial score (nSPS) is 26.1. The van der Waals surface area contributed by atoms with Crippen LogP contribution in [0.3, 0.4) is 0 Å². The van der Waals surface area contributed by atoms with Crippen LogP contribution in [0.1, 0.15) is 32.1 Å². The molecule has 0 unspecified atom stereocenters. The number of urea groups is 1. The first-order valence-electron chi connectivity index (χ1n) is 8.07. The molecule has 2 aliphatic heterocycles. The first-order chi connectivity index (χ1) is 10.9. The van der Waals surface area contributed by atoms with Gasteiger partial charge in [0.15, 0.2) is 0 Å². The van der Waals surface area contributed by atoms with Crippen LogP contribution in [-0.2, 0) is 9.59 Å². The van der Waals surface area contributed by atoms with Crippen LogP contribution >= 0.6 is 11.8 Å². The molecule has 3 atom stereocenters. The summed E-state index contributed by atoms with van der Waals surface area (Å²) in [5.41, 5.74) is 5.08. The summed E-state index contributed by atoms with van der Waals surface area (Å²) < 4.78 is 0. The predicted octanol–water partition coefficient (Wildman–Crippen LogP) is 0.388. The summed E-state index contributed by atoms with van der Waals surface area (Å²) in [6.45, 7) is 0.384. The Kier molecular flexibility index (Phi) is 6.15. The number of nitrogens with two attached hydrogens (primary N) is 1. The zero-order chi connectivity index (χ0) is 17.0. The van der Waals surface area contributed by atoms with Gasteiger partial charge in [-0.25, -0.2) is 4.79 Å². The van der Waals surface area contributed by atoms with Crippen LogP contribution in [0, 0.1) is 0 Å². The minimum Gasteiger partial charge on any atom is -0.370 e. The summed E-state index contributed by atoms with van der Waals surface area (Å²) >= 11 is 1.91. The Balaban J connectivity index is 1.65. The van der Waals surface area contributed by atoms with Crippen molar-refractivity contribution < 1.29 is 14.4 Å². The fraction of sp³-hybridized carbons (Fsp3) is 0.800. The number of carbonyl (C=O) groups is 3. The number of hydrogen-bond acceptors (Lipinski definition) is 4. The van der Waals surface area contributed by atoms with Gasteiger partial charge in [-0.1, -0.05) is 6.42 Å². The van der Waals surface area contributed by atoms with Crippen LogP contribution in [-0.4, -0.2) is 71.4 Å². The van der Waals surface area contributed by atoms with Gasteiger partial charge in [0.1, 0.15) is 0 Å². The van der Waals surface area contributed by atoms with Gasteiger partial charge in [-0.05, 0) is 12.8 Å². The first kappa shape index (κ1) is 17.9. The molecule has 0 radical (unpaired) electrons. The van der Waals surface area contributed by atoms with Crippen LogP contribution < -0.4 is 11.1 Å². The standard InChI is InChI=1S/C15H26N4O3S/c1-18(8-7-12(16)20)13(21)6-4-3-5-11-14-10(9-23-11)17-15(22)19(14)2/h10-11,14H,3-9H2,1-2H3,(H2,16,20)(H,17,22)/t10-,11-,14-/m0/s1. The number of fused-ring (bicyclic) bond motifs is 1. The van der Waals surface area contributed by atoms with Crippen LogP contribution in [0.25, 0.3) is 0 Å². The molecule has 3 N–H and O–H groups in total. The minimum atomic E-state index is -0.388. The van der Waals surface area contributed by atoms with E-state index in [0.717, 1.165) is 25.0 Å². The SMILES string of the molecule is CN(CCC(N)=O)C(=O)CCCC[C@@H]1SC[C@@H]2NC(=O)N(C)[C@@H]21. The van der Waals surface area contributed by atoms with Gasteiger partial charge < -0.3 is 20.9 Å². The van der Waals surface area contributed by atoms with Gasteiger partial charge in [0.2, 0.25) is 11.8 Å². The lowest BCUT2D eigenvalue weighted by Crippen LogP contribution is -2.38. The summed E-state index contributed by atoms with van der Waals surface area (Å²) in [5.74, 6) is 0.638. The van der Waals surface area contributed by atoms with E-state index >= 15 is 0 Å². The largest absolute Gasteiger partial charge is 0.370 e. The summed E-state index contributed by atoms with van der Waals surface area (Å²) in [6, 6.07) is 0.571. The third-order valence-electron chi connectivity index (χ3n) is 4.61. The number of likely N-dealkylation sites (N-methyl/N-ethyl adjacent to an activating group) is 1. The number of thioether (sulfide) groups is 1. The number of primary amides is 1. The zero-order valence-corrected chi connectivity index (χ0v) is 14.6. The number of rotatable bonds is 8. The smallest absolute Gasteiger partial charge is 0.317 e. The summed E-state index contributed by atoms with van der Waals surface area (Å²) in [5, 5.41) is 3.46. The molecule has 0 aromatic carbocycles. The number of hydrogen-bond donors (Lipinski definition) is 2. The summed E-state index contributed by atoms with van der Waals surface area (Å²) in [7, 11) is 3.56. The van der Waals surface area contributed by atoms with Crippen LogP contribution in [0.4, 0.5) is 4.79 Å². The predicted molar refractivity (Wildman–Crippen MR) is 90.0 cm³/mol. The molecule has 2 aliphatic rings. The lowest BCUT2D eigenvalue weighted by molar-refractivity contribution is -0.130. The van der Waals surface area contributed by atoms with Gasteiger partial charge in [-0.3, -0.25) is 9.59 Å². The molecule has 2 fully saturated rings. The van der Waals surface area contributed by atoms with Crippen molar-refractivity contribution in [2.75, 3.05) is 26.4 Å². The van der Waals surface area contributed by atoms with Crippen LogP contribution in [0.5, 0.6) is 0 Å². The molecule has 7 nitrogen and oxygen atoms in total. The Morgan fingerprint density at radius 3 is 2.83 bits per heavy atom. The Hall–Kier alpha value is -1.44. The number of amides is 4. The third-order valence-corrected chi connectivity index (χ3v) is 6.10. The van der Waals surface area contributed by atoms with E-state index in [1.54, 1.807) is 11.9 Å². The summed E-state index contributed by atoms with van der Waals surface area (Å²) in [4.78, 5) is 37.7. The van der Waals surface area contributed by atoms with Crippen molar-refractivity contribution in [2.45, 2.75) is 49.4 Å². The van der Waals surface area contributed by atoms with Crippen LogP contribution in [0.15, 0.2) is 0 Å². The quantitative estimate of drug-likeness (QED) is 0.493. The highest BCUT2D eigenvalue weighted by atomic mass is 32.2. The maximum atomic E-state index is 11.9. The number of nitrogens with zero attached hydrogens (tertiary/aromatic N) is 2. The minimum absolute atomic E-state index is 0.0246. The molecule has 130 valence electrons. The molecule has 2 rings (SSSR count). The Labute approximate surface area is 141 Å². The number of unbranched alkanes of at least 4 members (excludes halogenated alkanes) is 1. The van der Waals surface area contributed by atoms with Crippen LogP contribution in [0.2, 0.25) is 0 Å². The molecule has 0 aliphatic carbocycles. The fourth-order valence-corrected chi connectivity index (χ4v) is 4.83. The lowest BCUT2D eigenvalue weighted by Gasteiger charge is -2.23. The molecule has 0 aromatic rings. The van der Waals surface area contributed by atoms with Gasteiger partial charge in [-0.2, -0.15) is 11.8 Å². The van der Waals surface area contributed by atoms with E-state index < -0.39 is 0 Å². The summed E-state index contributed by atoms with van der Waals surface area (Å²) in [6.07, 6.45) is 3.52. The molecule has 2 saturated heterocycles. The fourth-order valence-electron chi connectivity index (χ4n) is 3.20. The van der Waals surface area contributed by atoms with E-state index in [4.69, 9.17) is 5.73 Å². The number of carbonyl (C=O) groups excluding carboxylic acids is 3. The molecule has 23 heavy (non-hydrogen) atoms. The highest BCUT2D eigenvalue weighted by molar-refractivity contribution is 8.00. The van der Waals surface area contributed by atoms with Crippen molar-refractivity contribution in [2.24, 2.45) is 5.73 Å². The van der Waals surface area contributed by atoms with Crippen molar-refractivity contribution in [3.05, 3.63) is 0 Å². The van der Waals surface area contributed by atoms with E-state index in [0.29, 0.717) is 18.2 Å². The zero-order valence-electron chi connectivity index (χ0n) is 13.8. The lowest BCUT2D eigenvalue weighted by atomic mass is 10.0. The number of nitrogens with one attached hydrogen (secondary N) is 1. The second-order valence-electron chi connectivity index (χ2n) is 6.31. The monoisotopic (exact) mass is 342 g/mol. The van der Waals surface area contributed by atoms with Gasteiger partial charge >= 0.3 is 6.03 Å². The third kappa shape index (κ3) is 4.53. The average molecular weight is 342 g/mol. The second kappa shape index (κ2) is 7.90. The highest BCUT2D eigenvalue weighted by Crippen LogP contribution is 2.36. The van der Waals surface area contributed by atoms with Gasteiger partial charge in [-0.15, -0.1) is 0 Å². The maximum Gasteiger partial charge on any atom is 0.317 e. The first-order valence-corrected chi connectivity index (χ1v) is 9.12. The maximum absolute atomic E-state index is 11.9. The molecular weight excluding hydrogens is 316 g/mol. The van der Waals surface area contributed by atoms with E-state index in [-0.39, 0.29) is 36.3 Å². The van der Waals surface area contributed by atoms with Crippen molar-refractivity contribution in [3.63, 3.8) is 0 Å². The van der Waals surface area contributed by atoms with E-state index in [1.807, 2.05) is 23.7 Å². The second-order valence-corrected chi connectivity index (χ2v) is 7.58. The molecule has 0 saturated carbocycles. The van der Waals surface area contributed by atoms with Gasteiger partial charge in [0.25, 0.3) is 0 Å². The van der Waals surface area contributed by atoms with Crippen molar-refractivity contribution in [1.29, 1.82) is 0 Å². The van der Waals surface area contributed by atoms with Crippen molar-refractivity contribution in [1.82, 2.24) is 15.1 Å². The molecule has 4 amide bonds.